The summed E-state index contributed by atoms with van der Waals surface area (Å²) < 4.78 is 13.9. The molecule has 186 valence electrons. The summed E-state index contributed by atoms with van der Waals surface area (Å²) in [7, 11) is 1.70. The molecule has 35 heavy (non-hydrogen) atoms. The first-order chi connectivity index (χ1) is 17.2. The molecule has 2 saturated heterocycles. The first-order valence-electron chi connectivity index (χ1n) is 12.6. The molecule has 0 bridgehead atoms. The molecule has 5 rings (SSSR count). The van der Waals surface area contributed by atoms with Crippen LogP contribution in [0.1, 0.15) is 31.6 Å². The molecule has 3 heterocycles. The van der Waals surface area contributed by atoms with Crippen LogP contribution in [-0.2, 0) is 0 Å². The third-order valence-electron chi connectivity index (χ3n) is 6.92. The van der Waals surface area contributed by atoms with Crippen molar-refractivity contribution in [3.05, 3.63) is 54.4 Å². The Hall–Kier alpha value is -2.39. The van der Waals surface area contributed by atoms with Gasteiger partial charge in [0.25, 0.3) is 0 Å². The Morgan fingerprint density at radius 3 is 2.40 bits per heavy atom. The first-order valence-corrected chi connectivity index (χ1v) is 13.4. The van der Waals surface area contributed by atoms with Crippen LogP contribution < -0.4 is 9.47 Å². The number of fused-ring (bicyclic) bond motifs is 1. The van der Waals surface area contributed by atoms with Gasteiger partial charge >= 0.3 is 0 Å². The van der Waals surface area contributed by atoms with Crippen LogP contribution in [0.15, 0.2) is 53.4 Å². The monoisotopic (exact) mass is 493 g/mol. The number of hydrogen-bond donors (Lipinski definition) is 0. The number of ether oxygens (including phenoxy) is 2. The molecule has 0 radical (unpaired) electrons. The van der Waals surface area contributed by atoms with Crippen molar-refractivity contribution in [1.82, 2.24) is 24.1 Å². The lowest BCUT2D eigenvalue weighted by Gasteiger charge is -2.36. The van der Waals surface area contributed by atoms with Crippen molar-refractivity contribution in [3.8, 4) is 11.6 Å². The van der Waals surface area contributed by atoms with Crippen LogP contribution in [0, 0.1) is 0 Å². The van der Waals surface area contributed by atoms with Crippen molar-refractivity contribution >= 4 is 22.9 Å². The summed E-state index contributed by atoms with van der Waals surface area (Å²) in [4.78, 5) is 16.0. The Balaban J connectivity index is 1.22. The maximum atomic E-state index is 6.23. The highest BCUT2D eigenvalue weighted by molar-refractivity contribution is 7.97. The van der Waals surface area contributed by atoms with E-state index < -0.39 is 0 Å². The van der Waals surface area contributed by atoms with E-state index in [9.17, 15) is 0 Å². The lowest BCUT2D eigenvalue weighted by molar-refractivity contribution is 0.145. The lowest BCUT2D eigenvalue weighted by atomic mass is 10.2. The molecule has 2 fully saturated rings. The van der Waals surface area contributed by atoms with Crippen molar-refractivity contribution in [2.45, 2.75) is 30.7 Å². The second-order valence-corrected chi connectivity index (χ2v) is 10.4. The van der Waals surface area contributed by atoms with E-state index in [1.165, 1.54) is 30.8 Å². The number of para-hydroxylation sites is 1. The minimum Gasteiger partial charge on any atom is -0.497 e. The summed E-state index contributed by atoms with van der Waals surface area (Å²) in [5.41, 5.74) is 0.953. The first kappa shape index (κ1) is 24.3. The molecule has 3 aromatic rings. The predicted octanol–water partition coefficient (Wildman–Crippen LogP) is 4.50. The fourth-order valence-electron chi connectivity index (χ4n) is 4.77. The number of likely N-dealkylation sites (tertiary alicyclic amines) is 1. The quantitative estimate of drug-likeness (QED) is 0.404. The molecular weight excluding hydrogens is 458 g/mol. The van der Waals surface area contributed by atoms with E-state index in [-0.39, 0.29) is 6.04 Å². The van der Waals surface area contributed by atoms with Crippen LogP contribution in [-0.4, -0.2) is 83.6 Å². The summed E-state index contributed by atoms with van der Waals surface area (Å²) in [5.74, 6) is 2.45. The van der Waals surface area contributed by atoms with Gasteiger partial charge in [-0.15, -0.1) is 0 Å². The van der Waals surface area contributed by atoms with E-state index in [0.717, 1.165) is 55.2 Å². The summed E-state index contributed by atoms with van der Waals surface area (Å²) in [6, 6.07) is 16.6. The Bertz CT molecular complexity index is 1100. The number of hydrogen-bond acceptors (Lipinski definition) is 8. The normalized spacial score (nSPS) is 18.7. The minimum absolute atomic E-state index is 0.133. The van der Waals surface area contributed by atoms with Gasteiger partial charge in [-0.3, -0.25) is 9.80 Å². The maximum Gasteiger partial charge on any atom is 0.224 e. The van der Waals surface area contributed by atoms with E-state index in [1.54, 1.807) is 7.11 Å². The SMILES string of the molecule is COc1ccc(SN2CCN(C(C)c3nc(OCCN4CCCC4)c4ccccc4n3)CC2)cc1. The average Bonchev–Trinajstić information content (AvgIpc) is 3.43. The largest absolute Gasteiger partial charge is 0.497 e. The van der Waals surface area contributed by atoms with Crippen LogP contribution in [0.4, 0.5) is 0 Å². The smallest absolute Gasteiger partial charge is 0.224 e. The number of benzene rings is 2. The molecule has 1 aromatic heterocycles. The zero-order valence-electron chi connectivity index (χ0n) is 20.7. The summed E-state index contributed by atoms with van der Waals surface area (Å²) in [5, 5.41) is 0.991. The number of aromatic nitrogens is 2. The van der Waals surface area contributed by atoms with Crippen molar-refractivity contribution in [2.24, 2.45) is 0 Å². The average molecular weight is 494 g/mol. The van der Waals surface area contributed by atoms with Gasteiger partial charge in [0.15, 0.2) is 0 Å². The van der Waals surface area contributed by atoms with Gasteiger partial charge in [-0.1, -0.05) is 12.1 Å². The summed E-state index contributed by atoms with van der Waals surface area (Å²) in [6.45, 7) is 10.1. The lowest BCUT2D eigenvalue weighted by Crippen LogP contribution is -2.44. The zero-order valence-corrected chi connectivity index (χ0v) is 21.5. The molecule has 0 amide bonds. The van der Waals surface area contributed by atoms with Crippen LogP contribution in [0.25, 0.3) is 10.9 Å². The topological polar surface area (TPSA) is 54.0 Å². The minimum atomic E-state index is 0.133. The molecular formula is C27H35N5O2S. The highest BCUT2D eigenvalue weighted by Gasteiger charge is 2.25. The molecule has 2 aliphatic heterocycles. The van der Waals surface area contributed by atoms with E-state index in [2.05, 4.69) is 45.3 Å². The molecule has 0 N–H and O–H groups in total. The molecule has 2 aromatic carbocycles. The zero-order chi connectivity index (χ0) is 24.0. The Morgan fingerprint density at radius 1 is 0.914 bits per heavy atom. The van der Waals surface area contributed by atoms with Gasteiger partial charge in [-0.25, -0.2) is 9.29 Å². The van der Waals surface area contributed by atoms with Gasteiger partial charge in [0.2, 0.25) is 5.88 Å². The van der Waals surface area contributed by atoms with E-state index >= 15 is 0 Å². The van der Waals surface area contributed by atoms with Crippen LogP contribution in [0.2, 0.25) is 0 Å². The molecule has 1 atom stereocenters. The molecule has 7 nitrogen and oxygen atoms in total. The fourth-order valence-corrected chi connectivity index (χ4v) is 5.67. The number of rotatable bonds is 9. The van der Waals surface area contributed by atoms with Crippen molar-refractivity contribution in [2.75, 3.05) is 59.5 Å². The second-order valence-electron chi connectivity index (χ2n) is 9.21. The molecule has 0 spiro atoms. The van der Waals surface area contributed by atoms with Gasteiger partial charge in [-0.05, 0) is 81.2 Å². The number of nitrogens with zero attached hydrogens (tertiary/aromatic N) is 5. The van der Waals surface area contributed by atoms with Gasteiger partial charge in [0, 0.05) is 37.6 Å². The molecule has 0 aliphatic carbocycles. The van der Waals surface area contributed by atoms with Crippen LogP contribution >= 0.6 is 11.9 Å². The van der Waals surface area contributed by atoms with E-state index in [1.807, 2.05) is 36.2 Å². The second kappa shape index (κ2) is 11.6. The van der Waals surface area contributed by atoms with Crippen molar-refractivity contribution in [1.29, 1.82) is 0 Å². The van der Waals surface area contributed by atoms with E-state index in [0.29, 0.717) is 12.5 Å². The maximum absolute atomic E-state index is 6.23. The molecule has 1 unspecified atom stereocenters. The summed E-state index contributed by atoms with van der Waals surface area (Å²) >= 11 is 1.81. The summed E-state index contributed by atoms with van der Waals surface area (Å²) in [6.07, 6.45) is 2.59. The van der Waals surface area contributed by atoms with Gasteiger partial charge in [-0.2, -0.15) is 4.98 Å². The van der Waals surface area contributed by atoms with Crippen molar-refractivity contribution in [3.63, 3.8) is 0 Å². The number of methoxy groups -OCH3 is 1. The predicted molar refractivity (Wildman–Crippen MR) is 141 cm³/mol. The Morgan fingerprint density at radius 2 is 1.66 bits per heavy atom. The highest BCUT2D eigenvalue weighted by Crippen LogP contribution is 2.30. The third-order valence-corrected chi connectivity index (χ3v) is 8.03. The van der Waals surface area contributed by atoms with Gasteiger partial charge in [0.05, 0.1) is 24.1 Å². The molecule has 2 aliphatic rings. The number of piperazine rings is 1. The molecule has 8 heteroatoms. The third kappa shape index (κ3) is 6.06. The standard InChI is InChI=1S/C27H35N5O2S/c1-21(31-15-17-32(18-16-31)35-23-11-9-22(33-2)10-12-23)26-28-25-8-4-3-7-24(25)27(29-26)34-20-19-30-13-5-6-14-30/h3-4,7-12,21H,5-6,13-20H2,1-2H3. The van der Waals surface area contributed by atoms with Gasteiger partial charge in [0.1, 0.15) is 18.2 Å². The van der Waals surface area contributed by atoms with Crippen molar-refractivity contribution < 1.29 is 9.47 Å². The highest BCUT2D eigenvalue weighted by atomic mass is 32.2. The van der Waals surface area contributed by atoms with Crippen LogP contribution in [0.5, 0.6) is 11.6 Å². The van der Waals surface area contributed by atoms with E-state index in [4.69, 9.17) is 19.4 Å². The van der Waals surface area contributed by atoms with Gasteiger partial charge < -0.3 is 9.47 Å². The Kier molecular flexibility index (Phi) is 8.03. The Labute approximate surface area is 212 Å². The molecule has 0 saturated carbocycles. The fraction of sp³-hybridized carbons (Fsp3) is 0.481. The van der Waals surface area contributed by atoms with Crippen LogP contribution in [0.3, 0.4) is 0 Å².